The van der Waals surface area contributed by atoms with Gasteiger partial charge in [-0.1, -0.05) is 32.6 Å². The first-order valence-electron chi connectivity index (χ1n) is 10.1. The Balaban J connectivity index is 0.000000890. The summed E-state index contributed by atoms with van der Waals surface area (Å²) in [6.45, 7) is 3.19. The fourth-order valence-corrected chi connectivity index (χ4v) is 3.57. The third-order valence-corrected chi connectivity index (χ3v) is 5.21. The first-order valence-corrected chi connectivity index (χ1v) is 11.0. The first kappa shape index (κ1) is 27.8. The van der Waals surface area contributed by atoms with Gasteiger partial charge in [-0.3, -0.25) is 0 Å². The summed E-state index contributed by atoms with van der Waals surface area (Å²) in [6, 6.07) is 4.25. The molecule has 0 heterocycles. The minimum Gasteiger partial charge on any atom is -0.496 e. The van der Waals surface area contributed by atoms with Crippen molar-refractivity contribution in [2.24, 2.45) is 0 Å². The van der Waals surface area contributed by atoms with Gasteiger partial charge in [-0.25, -0.2) is 9.59 Å². The summed E-state index contributed by atoms with van der Waals surface area (Å²) >= 11 is 1.87. The summed E-state index contributed by atoms with van der Waals surface area (Å²) in [5.74, 6) is 0.550. The highest BCUT2D eigenvalue weighted by Crippen LogP contribution is 2.36. The minimum atomic E-state index is -1.26. The van der Waals surface area contributed by atoms with E-state index in [0.29, 0.717) is 12.2 Å². The number of ether oxygens (including phenoxy) is 2. The van der Waals surface area contributed by atoms with Gasteiger partial charge in [0.15, 0.2) is 0 Å². The molecule has 0 atom stereocenters. The van der Waals surface area contributed by atoms with Crippen LogP contribution in [0.2, 0.25) is 0 Å². The number of unbranched alkanes of at least 4 members (excludes halogenated alkanes) is 4. The average Bonchev–Trinajstić information content (AvgIpc) is 2.73. The molecule has 7 nitrogen and oxygen atoms in total. The number of nitrogens with one attached hydrogen (secondary N) is 1. The molecule has 0 aliphatic carbocycles. The smallest absolute Gasteiger partial charge is 0.328 e. The van der Waals surface area contributed by atoms with Crippen LogP contribution in [-0.2, 0) is 16.0 Å². The summed E-state index contributed by atoms with van der Waals surface area (Å²) < 4.78 is 11.1. The van der Waals surface area contributed by atoms with E-state index in [1.54, 1.807) is 14.2 Å². The molecule has 0 amide bonds. The fraction of sp³-hybridized carbons (Fsp3) is 0.545. The van der Waals surface area contributed by atoms with Crippen molar-refractivity contribution in [1.29, 1.82) is 0 Å². The SMILES string of the molecule is CCCCCCCSc1cc(OC)c(CCNC)cc1OC.O=C(O)/C=C\C(=O)O. The second kappa shape index (κ2) is 17.7. The molecule has 0 fully saturated rings. The summed E-state index contributed by atoms with van der Waals surface area (Å²) in [6.07, 6.45) is 8.63. The molecule has 0 saturated carbocycles. The predicted molar refractivity (Wildman–Crippen MR) is 121 cm³/mol. The highest BCUT2D eigenvalue weighted by Gasteiger charge is 2.11. The van der Waals surface area contributed by atoms with Gasteiger partial charge < -0.3 is 25.0 Å². The number of methoxy groups -OCH3 is 2. The lowest BCUT2D eigenvalue weighted by atomic mass is 10.1. The van der Waals surface area contributed by atoms with Crippen molar-refractivity contribution in [2.75, 3.05) is 33.6 Å². The van der Waals surface area contributed by atoms with Crippen LogP contribution in [0.4, 0.5) is 0 Å². The molecule has 0 aliphatic rings. The van der Waals surface area contributed by atoms with Crippen LogP contribution in [0.25, 0.3) is 0 Å². The van der Waals surface area contributed by atoms with Crippen molar-refractivity contribution in [2.45, 2.75) is 50.3 Å². The summed E-state index contributed by atoms with van der Waals surface area (Å²) in [7, 11) is 5.45. The maximum Gasteiger partial charge on any atom is 0.328 e. The maximum atomic E-state index is 9.55. The van der Waals surface area contributed by atoms with Crippen LogP contribution in [0.15, 0.2) is 29.2 Å². The molecule has 0 radical (unpaired) electrons. The molecule has 1 rings (SSSR count). The number of hydrogen-bond donors (Lipinski definition) is 3. The van der Waals surface area contributed by atoms with Gasteiger partial charge in [-0.2, -0.15) is 0 Å². The van der Waals surface area contributed by atoms with Gasteiger partial charge in [0.25, 0.3) is 0 Å². The molecule has 3 N–H and O–H groups in total. The zero-order valence-electron chi connectivity index (χ0n) is 18.4. The van der Waals surface area contributed by atoms with Gasteiger partial charge in [-0.05, 0) is 49.9 Å². The Morgan fingerprint density at radius 1 is 1.00 bits per heavy atom. The zero-order valence-corrected chi connectivity index (χ0v) is 19.2. The third-order valence-electron chi connectivity index (χ3n) is 4.08. The zero-order chi connectivity index (χ0) is 22.8. The molecule has 1 aromatic rings. The standard InChI is InChI=1S/C18H31NO2S.C4H4O4/c1-5-6-7-8-9-12-22-18-14-16(20-3)15(10-11-19-2)13-17(18)21-4;5-3(6)1-2-4(7)8/h13-14,19H,5-12H2,1-4H3;1-2H,(H,5,6)(H,7,8)/b;2-1-. The van der Waals surface area contributed by atoms with E-state index in [2.05, 4.69) is 24.4 Å². The molecule has 0 unspecified atom stereocenters. The van der Waals surface area contributed by atoms with Gasteiger partial charge >= 0.3 is 11.9 Å². The van der Waals surface area contributed by atoms with E-state index in [0.717, 1.165) is 30.2 Å². The molecule has 170 valence electrons. The topological polar surface area (TPSA) is 105 Å². The van der Waals surface area contributed by atoms with Crippen LogP contribution in [-0.4, -0.2) is 55.7 Å². The van der Waals surface area contributed by atoms with E-state index in [1.165, 1.54) is 42.6 Å². The molecule has 0 spiro atoms. The van der Waals surface area contributed by atoms with Gasteiger partial charge in [0, 0.05) is 12.2 Å². The van der Waals surface area contributed by atoms with E-state index < -0.39 is 11.9 Å². The van der Waals surface area contributed by atoms with Crippen molar-refractivity contribution >= 4 is 23.7 Å². The van der Waals surface area contributed by atoms with Crippen LogP contribution in [0, 0.1) is 0 Å². The van der Waals surface area contributed by atoms with Gasteiger partial charge in [0.2, 0.25) is 0 Å². The number of hydrogen-bond acceptors (Lipinski definition) is 6. The summed E-state index contributed by atoms with van der Waals surface area (Å²) in [5.41, 5.74) is 1.20. The molecule has 0 bridgehead atoms. The van der Waals surface area contributed by atoms with E-state index in [1.807, 2.05) is 18.8 Å². The lowest BCUT2D eigenvalue weighted by molar-refractivity contribution is -0.134. The van der Waals surface area contributed by atoms with E-state index in [4.69, 9.17) is 19.7 Å². The molecule has 1 aromatic carbocycles. The summed E-state index contributed by atoms with van der Waals surface area (Å²) in [5, 5.41) is 18.8. The molecular weight excluding hydrogens is 406 g/mol. The number of rotatable bonds is 14. The van der Waals surface area contributed by atoms with Crippen molar-refractivity contribution < 1.29 is 29.3 Å². The second-order valence-electron chi connectivity index (χ2n) is 6.44. The Morgan fingerprint density at radius 3 is 2.10 bits per heavy atom. The Bertz CT molecular complexity index is 647. The minimum absolute atomic E-state index is 0.558. The van der Waals surface area contributed by atoms with Crippen LogP contribution in [0.5, 0.6) is 11.5 Å². The molecular formula is C22H35NO6S. The van der Waals surface area contributed by atoms with Crippen LogP contribution in [0.3, 0.4) is 0 Å². The monoisotopic (exact) mass is 441 g/mol. The second-order valence-corrected chi connectivity index (χ2v) is 7.58. The average molecular weight is 442 g/mol. The number of carboxylic acid groups (broad SMARTS) is 2. The van der Waals surface area contributed by atoms with Crippen molar-refractivity contribution in [3.63, 3.8) is 0 Å². The van der Waals surface area contributed by atoms with E-state index >= 15 is 0 Å². The Kier molecular flexibility index (Phi) is 16.4. The lowest BCUT2D eigenvalue weighted by Gasteiger charge is -2.14. The normalized spacial score (nSPS) is 10.4. The fourth-order valence-electron chi connectivity index (χ4n) is 2.53. The number of carbonyl (C=O) groups is 2. The molecule has 8 heteroatoms. The Morgan fingerprint density at radius 2 is 1.60 bits per heavy atom. The van der Waals surface area contributed by atoms with Crippen LogP contribution < -0.4 is 14.8 Å². The first-order chi connectivity index (χ1) is 14.4. The van der Waals surface area contributed by atoms with Crippen molar-refractivity contribution in [3.8, 4) is 11.5 Å². The molecule has 30 heavy (non-hydrogen) atoms. The highest BCUT2D eigenvalue weighted by molar-refractivity contribution is 7.99. The Hall–Kier alpha value is -2.19. The predicted octanol–water partition coefficient (Wildman–Crippen LogP) is 4.24. The molecule has 0 saturated heterocycles. The van der Waals surface area contributed by atoms with Crippen LogP contribution in [0.1, 0.15) is 44.6 Å². The van der Waals surface area contributed by atoms with E-state index in [-0.39, 0.29) is 0 Å². The third kappa shape index (κ3) is 13.1. The summed E-state index contributed by atoms with van der Waals surface area (Å²) in [4.78, 5) is 20.3. The Labute approximate surface area is 183 Å². The van der Waals surface area contributed by atoms with Crippen molar-refractivity contribution in [1.82, 2.24) is 5.32 Å². The van der Waals surface area contributed by atoms with Gasteiger partial charge in [0.05, 0.1) is 19.1 Å². The van der Waals surface area contributed by atoms with Crippen LogP contribution >= 0.6 is 11.8 Å². The van der Waals surface area contributed by atoms with Crippen molar-refractivity contribution in [3.05, 3.63) is 29.8 Å². The molecule has 0 aliphatic heterocycles. The largest absolute Gasteiger partial charge is 0.496 e. The maximum absolute atomic E-state index is 9.55. The van der Waals surface area contributed by atoms with Gasteiger partial charge in [0.1, 0.15) is 11.5 Å². The van der Waals surface area contributed by atoms with E-state index in [9.17, 15) is 9.59 Å². The lowest BCUT2D eigenvalue weighted by Crippen LogP contribution is -2.11. The number of aliphatic carboxylic acids is 2. The molecule has 0 aromatic heterocycles. The number of thioether (sulfide) groups is 1. The quantitative estimate of drug-likeness (QED) is 0.224. The van der Waals surface area contributed by atoms with Gasteiger partial charge in [-0.15, -0.1) is 11.8 Å². The number of benzene rings is 1. The number of carboxylic acids is 2. The highest BCUT2D eigenvalue weighted by atomic mass is 32.2. The number of likely N-dealkylation sites (N-methyl/N-ethyl adjacent to an activating group) is 1.